The highest BCUT2D eigenvalue weighted by molar-refractivity contribution is 7.17. The second-order valence-electron chi connectivity index (χ2n) is 4.79. The molecule has 2 N–H and O–H groups in total. The lowest BCUT2D eigenvalue weighted by atomic mass is 10.3. The zero-order valence-electron chi connectivity index (χ0n) is 11.6. The van der Waals surface area contributed by atoms with Crippen molar-refractivity contribution in [2.75, 3.05) is 56.2 Å². The molecule has 0 saturated carbocycles. The molecule has 0 spiro atoms. The van der Waals surface area contributed by atoms with Gasteiger partial charge in [0.05, 0.1) is 23.4 Å². The SMILES string of the molecule is CN(CCN)c1nc(N2CCOCC2)c2sccc2n1. The van der Waals surface area contributed by atoms with Gasteiger partial charge in [-0.15, -0.1) is 11.3 Å². The van der Waals surface area contributed by atoms with Crippen LogP contribution in [0.3, 0.4) is 0 Å². The van der Waals surface area contributed by atoms with E-state index in [2.05, 4.69) is 15.3 Å². The maximum absolute atomic E-state index is 5.62. The largest absolute Gasteiger partial charge is 0.378 e. The second-order valence-corrected chi connectivity index (χ2v) is 5.71. The van der Waals surface area contributed by atoms with Crippen LogP contribution in [0.1, 0.15) is 0 Å². The van der Waals surface area contributed by atoms with Gasteiger partial charge in [0.25, 0.3) is 0 Å². The molecule has 0 unspecified atom stereocenters. The first-order valence-corrected chi connectivity index (χ1v) is 7.66. The molecule has 0 radical (unpaired) electrons. The molecule has 0 aliphatic carbocycles. The summed E-state index contributed by atoms with van der Waals surface area (Å²) in [6, 6.07) is 2.05. The maximum Gasteiger partial charge on any atom is 0.227 e. The Morgan fingerprint density at radius 2 is 2.20 bits per heavy atom. The standard InChI is InChI=1S/C13H19N5OS/c1-17(4-3-14)13-15-10-2-9-20-11(10)12(16-13)18-5-7-19-8-6-18/h2,9H,3-8,14H2,1H3. The number of ether oxygens (including phenoxy) is 1. The number of nitrogens with two attached hydrogens (primary N) is 1. The average Bonchev–Trinajstić information content (AvgIpc) is 2.95. The fourth-order valence-electron chi connectivity index (χ4n) is 2.29. The van der Waals surface area contributed by atoms with Gasteiger partial charge in [-0.25, -0.2) is 4.98 Å². The van der Waals surface area contributed by atoms with Crippen molar-refractivity contribution in [3.8, 4) is 0 Å². The molecule has 2 aromatic heterocycles. The number of aromatic nitrogens is 2. The molecule has 3 heterocycles. The lowest BCUT2D eigenvalue weighted by Crippen LogP contribution is -2.37. The van der Waals surface area contributed by atoms with E-state index in [1.54, 1.807) is 11.3 Å². The van der Waals surface area contributed by atoms with Crippen LogP contribution < -0.4 is 15.5 Å². The molecule has 0 atom stereocenters. The van der Waals surface area contributed by atoms with Crippen LogP contribution in [0.5, 0.6) is 0 Å². The minimum Gasteiger partial charge on any atom is -0.378 e. The molecule has 0 aromatic carbocycles. The predicted molar refractivity (Wildman–Crippen MR) is 82.8 cm³/mol. The maximum atomic E-state index is 5.62. The number of nitrogens with zero attached hydrogens (tertiary/aromatic N) is 4. The summed E-state index contributed by atoms with van der Waals surface area (Å²) in [7, 11) is 1.98. The molecular formula is C13H19N5OS. The normalized spacial score (nSPS) is 15.8. The molecule has 0 bridgehead atoms. The smallest absolute Gasteiger partial charge is 0.227 e. The molecule has 3 rings (SSSR count). The molecule has 20 heavy (non-hydrogen) atoms. The summed E-state index contributed by atoms with van der Waals surface area (Å²) >= 11 is 1.69. The first-order valence-electron chi connectivity index (χ1n) is 6.78. The van der Waals surface area contributed by atoms with Crippen LogP contribution in [-0.2, 0) is 4.74 Å². The fraction of sp³-hybridized carbons (Fsp3) is 0.538. The minimum absolute atomic E-state index is 0.592. The number of hydrogen-bond acceptors (Lipinski definition) is 7. The Labute approximate surface area is 122 Å². The van der Waals surface area contributed by atoms with Crippen molar-refractivity contribution in [3.05, 3.63) is 11.4 Å². The summed E-state index contributed by atoms with van der Waals surface area (Å²) in [5, 5.41) is 2.07. The third-order valence-electron chi connectivity index (χ3n) is 3.39. The summed E-state index contributed by atoms with van der Waals surface area (Å²) in [6.07, 6.45) is 0. The topological polar surface area (TPSA) is 67.5 Å². The van der Waals surface area contributed by atoms with Gasteiger partial charge in [-0.1, -0.05) is 0 Å². The highest BCUT2D eigenvalue weighted by Crippen LogP contribution is 2.31. The Kier molecular flexibility index (Phi) is 4.00. The molecule has 7 heteroatoms. The number of likely N-dealkylation sites (N-methyl/N-ethyl adjacent to an activating group) is 1. The van der Waals surface area contributed by atoms with Gasteiger partial charge < -0.3 is 20.3 Å². The van der Waals surface area contributed by atoms with Crippen molar-refractivity contribution in [2.45, 2.75) is 0 Å². The van der Waals surface area contributed by atoms with Crippen molar-refractivity contribution < 1.29 is 4.74 Å². The number of anilines is 2. The predicted octanol–water partition coefficient (Wildman–Crippen LogP) is 0.923. The zero-order valence-corrected chi connectivity index (χ0v) is 12.4. The van der Waals surface area contributed by atoms with Gasteiger partial charge in [0.2, 0.25) is 5.95 Å². The summed E-state index contributed by atoms with van der Waals surface area (Å²) in [4.78, 5) is 13.7. The molecule has 1 aliphatic rings. The van der Waals surface area contributed by atoms with Crippen LogP contribution in [0.2, 0.25) is 0 Å². The summed E-state index contributed by atoms with van der Waals surface area (Å²) in [6.45, 7) is 4.61. The number of morpholine rings is 1. The van der Waals surface area contributed by atoms with Gasteiger partial charge in [0, 0.05) is 33.2 Å². The molecule has 6 nitrogen and oxygen atoms in total. The number of fused-ring (bicyclic) bond motifs is 1. The number of hydrogen-bond donors (Lipinski definition) is 1. The van der Waals surface area contributed by atoms with E-state index in [1.807, 2.05) is 18.0 Å². The first-order chi connectivity index (χ1) is 9.79. The van der Waals surface area contributed by atoms with Gasteiger partial charge in [-0.3, -0.25) is 0 Å². The van der Waals surface area contributed by atoms with Gasteiger partial charge in [0.1, 0.15) is 0 Å². The monoisotopic (exact) mass is 293 g/mol. The summed E-state index contributed by atoms with van der Waals surface area (Å²) in [5.74, 6) is 1.76. The Morgan fingerprint density at radius 1 is 1.40 bits per heavy atom. The van der Waals surface area contributed by atoms with Crippen molar-refractivity contribution in [3.63, 3.8) is 0 Å². The van der Waals surface area contributed by atoms with E-state index in [9.17, 15) is 0 Å². The number of thiophene rings is 1. The van der Waals surface area contributed by atoms with Gasteiger partial charge >= 0.3 is 0 Å². The molecule has 1 aliphatic heterocycles. The third-order valence-corrected chi connectivity index (χ3v) is 4.29. The van der Waals surface area contributed by atoms with Crippen LogP contribution in [0.4, 0.5) is 11.8 Å². The van der Waals surface area contributed by atoms with Gasteiger partial charge in [0.15, 0.2) is 5.82 Å². The van der Waals surface area contributed by atoms with Gasteiger partial charge in [-0.05, 0) is 11.4 Å². The van der Waals surface area contributed by atoms with E-state index in [-0.39, 0.29) is 0 Å². The van der Waals surface area contributed by atoms with Crippen LogP contribution >= 0.6 is 11.3 Å². The van der Waals surface area contributed by atoms with E-state index in [0.717, 1.165) is 54.8 Å². The van der Waals surface area contributed by atoms with Gasteiger partial charge in [-0.2, -0.15) is 4.98 Å². The Bertz CT molecular complexity index is 581. The minimum atomic E-state index is 0.592. The molecular weight excluding hydrogens is 274 g/mol. The molecule has 2 aromatic rings. The summed E-state index contributed by atoms with van der Waals surface area (Å²) in [5.41, 5.74) is 6.62. The van der Waals surface area contributed by atoms with Crippen molar-refractivity contribution in [1.82, 2.24) is 9.97 Å². The van der Waals surface area contributed by atoms with E-state index >= 15 is 0 Å². The van der Waals surface area contributed by atoms with Crippen LogP contribution in [0, 0.1) is 0 Å². The Hall–Kier alpha value is -1.44. The first kappa shape index (κ1) is 13.5. The lowest BCUT2D eigenvalue weighted by molar-refractivity contribution is 0.122. The van der Waals surface area contributed by atoms with Crippen LogP contribution in [-0.4, -0.2) is 56.4 Å². The van der Waals surface area contributed by atoms with Crippen LogP contribution in [0.15, 0.2) is 11.4 Å². The van der Waals surface area contributed by atoms with E-state index < -0.39 is 0 Å². The Morgan fingerprint density at radius 3 is 2.95 bits per heavy atom. The quantitative estimate of drug-likeness (QED) is 0.904. The molecule has 1 saturated heterocycles. The highest BCUT2D eigenvalue weighted by Gasteiger charge is 2.19. The number of rotatable bonds is 4. The highest BCUT2D eigenvalue weighted by atomic mass is 32.1. The molecule has 108 valence electrons. The van der Waals surface area contributed by atoms with E-state index in [1.165, 1.54) is 0 Å². The average molecular weight is 293 g/mol. The van der Waals surface area contributed by atoms with Crippen LogP contribution in [0.25, 0.3) is 10.2 Å². The van der Waals surface area contributed by atoms with Crippen molar-refractivity contribution >= 4 is 33.3 Å². The second kappa shape index (κ2) is 5.90. The fourth-order valence-corrected chi connectivity index (χ4v) is 3.14. The van der Waals surface area contributed by atoms with E-state index in [4.69, 9.17) is 15.5 Å². The lowest BCUT2D eigenvalue weighted by Gasteiger charge is -2.29. The third kappa shape index (κ3) is 2.56. The van der Waals surface area contributed by atoms with E-state index in [0.29, 0.717) is 6.54 Å². The molecule has 0 amide bonds. The zero-order chi connectivity index (χ0) is 13.9. The van der Waals surface area contributed by atoms with Crippen molar-refractivity contribution in [2.24, 2.45) is 5.73 Å². The molecule has 1 fully saturated rings. The van der Waals surface area contributed by atoms with Crippen molar-refractivity contribution in [1.29, 1.82) is 0 Å². The summed E-state index contributed by atoms with van der Waals surface area (Å²) < 4.78 is 6.57. The Balaban J connectivity index is 2.01.